The lowest BCUT2D eigenvalue weighted by molar-refractivity contribution is 0.0994. The molecule has 0 aliphatic heterocycles. The molecule has 7 heteroatoms. The first kappa shape index (κ1) is 16.1. The van der Waals surface area contributed by atoms with Gasteiger partial charge in [-0.1, -0.05) is 12.1 Å². The highest BCUT2D eigenvalue weighted by atomic mass is 16.3. The Morgan fingerprint density at radius 3 is 2.77 bits per heavy atom. The zero-order valence-corrected chi connectivity index (χ0v) is 14.9. The molecule has 0 fully saturated rings. The number of hydrogen-bond acceptors (Lipinski definition) is 4. The van der Waals surface area contributed by atoms with Crippen LogP contribution in [0.4, 0.5) is 5.82 Å². The van der Waals surface area contributed by atoms with Crippen molar-refractivity contribution in [1.29, 1.82) is 0 Å². The molecule has 1 amide bonds. The molecule has 1 N–H and O–H groups in total. The lowest BCUT2D eigenvalue weighted by Crippen LogP contribution is -2.15. The zero-order valence-electron chi connectivity index (χ0n) is 14.9. The Hall–Kier alpha value is -3.35. The van der Waals surface area contributed by atoms with Crippen molar-refractivity contribution in [3.63, 3.8) is 0 Å². The normalized spacial score (nSPS) is 11.2. The largest absolute Gasteiger partial charge is 0.456 e. The van der Waals surface area contributed by atoms with E-state index in [0.717, 1.165) is 29.0 Å². The van der Waals surface area contributed by atoms with Crippen LogP contribution in [-0.4, -0.2) is 25.2 Å². The Labute approximate surface area is 150 Å². The molecule has 7 nitrogen and oxygen atoms in total. The van der Waals surface area contributed by atoms with Crippen molar-refractivity contribution in [2.75, 3.05) is 5.32 Å². The molecule has 3 heterocycles. The summed E-state index contributed by atoms with van der Waals surface area (Å²) in [4.78, 5) is 17.3. The first-order valence-corrected chi connectivity index (χ1v) is 8.44. The van der Waals surface area contributed by atoms with Crippen molar-refractivity contribution in [2.45, 2.75) is 20.4 Å². The number of para-hydroxylation sites is 2. The van der Waals surface area contributed by atoms with E-state index in [1.54, 1.807) is 37.0 Å². The SMILES string of the molecule is CCn1c(-c2cnn(C)c2NC(=O)c2ccc(C)o2)nc2ccccc21. The van der Waals surface area contributed by atoms with Gasteiger partial charge in [-0.05, 0) is 38.1 Å². The van der Waals surface area contributed by atoms with E-state index in [1.807, 2.05) is 24.3 Å². The summed E-state index contributed by atoms with van der Waals surface area (Å²) in [5.74, 6) is 1.98. The summed E-state index contributed by atoms with van der Waals surface area (Å²) in [6.45, 7) is 4.63. The Balaban J connectivity index is 1.79. The third-order valence-corrected chi connectivity index (χ3v) is 4.35. The topological polar surface area (TPSA) is 77.9 Å². The highest BCUT2D eigenvalue weighted by Crippen LogP contribution is 2.30. The Morgan fingerprint density at radius 2 is 2.04 bits per heavy atom. The van der Waals surface area contributed by atoms with Gasteiger partial charge in [0.05, 0.1) is 22.8 Å². The summed E-state index contributed by atoms with van der Waals surface area (Å²) >= 11 is 0. The number of carbonyl (C=O) groups excluding carboxylic acids is 1. The fourth-order valence-electron chi connectivity index (χ4n) is 3.08. The van der Waals surface area contributed by atoms with Crippen molar-refractivity contribution in [3.8, 4) is 11.4 Å². The van der Waals surface area contributed by atoms with Gasteiger partial charge in [-0.3, -0.25) is 9.48 Å². The lowest BCUT2D eigenvalue weighted by Gasteiger charge is -2.09. The number of carbonyl (C=O) groups is 1. The van der Waals surface area contributed by atoms with Gasteiger partial charge in [-0.15, -0.1) is 0 Å². The van der Waals surface area contributed by atoms with Crippen molar-refractivity contribution < 1.29 is 9.21 Å². The van der Waals surface area contributed by atoms with Crippen LogP contribution in [0.1, 0.15) is 23.2 Å². The summed E-state index contributed by atoms with van der Waals surface area (Å²) in [6, 6.07) is 11.4. The summed E-state index contributed by atoms with van der Waals surface area (Å²) in [7, 11) is 1.78. The van der Waals surface area contributed by atoms with Crippen LogP contribution in [0.2, 0.25) is 0 Å². The van der Waals surface area contributed by atoms with Gasteiger partial charge < -0.3 is 14.3 Å². The molecule has 0 bridgehead atoms. The highest BCUT2D eigenvalue weighted by Gasteiger charge is 2.21. The molecule has 1 aromatic carbocycles. The van der Waals surface area contributed by atoms with Crippen LogP contribution in [0.15, 0.2) is 47.0 Å². The summed E-state index contributed by atoms with van der Waals surface area (Å²) < 4.78 is 9.15. The van der Waals surface area contributed by atoms with Crippen LogP contribution in [-0.2, 0) is 13.6 Å². The van der Waals surface area contributed by atoms with Gasteiger partial charge in [0.25, 0.3) is 5.91 Å². The van der Waals surface area contributed by atoms with Crippen LogP contribution < -0.4 is 5.32 Å². The van der Waals surface area contributed by atoms with Crippen LogP contribution in [0, 0.1) is 6.92 Å². The smallest absolute Gasteiger partial charge is 0.292 e. The molecular weight excluding hydrogens is 330 g/mol. The number of amides is 1. The third kappa shape index (κ3) is 2.57. The number of aryl methyl sites for hydroxylation is 3. The standard InChI is InChI=1S/C19H19N5O2/c1-4-24-15-8-6-5-7-14(15)21-18(24)13-11-20-23(3)17(13)22-19(25)16-10-9-12(2)26-16/h5-11H,4H2,1-3H3,(H,22,25). The molecule has 0 spiro atoms. The Bertz CT molecular complexity index is 1100. The van der Waals surface area contributed by atoms with Crippen LogP contribution in [0.5, 0.6) is 0 Å². The van der Waals surface area contributed by atoms with Crippen molar-refractivity contribution in [2.24, 2.45) is 7.05 Å². The minimum Gasteiger partial charge on any atom is -0.456 e. The van der Waals surface area contributed by atoms with Gasteiger partial charge in [-0.25, -0.2) is 4.98 Å². The number of benzene rings is 1. The minimum atomic E-state index is -0.317. The maximum Gasteiger partial charge on any atom is 0.292 e. The number of hydrogen-bond donors (Lipinski definition) is 1. The third-order valence-electron chi connectivity index (χ3n) is 4.35. The molecule has 0 unspecified atom stereocenters. The lowest BCUT2D eigenvalue weighted by atomic mass is 10.3. The van der Waals surface area contributed by atoms with E-state index < -0.39 is 0 Å². The second kappa shape index (κ2) is 6.18. The summed E-state index contributed by atoms with van der Waals surface area (Å²) in [5.41, 5.74) is 2.72. The van der Waals surface area contributed by atoms with E-state index in [1.165, 1.54) is 0 Å². The highest BCUT2D eigenvalue weighted by molar-refractivity contribution is 6.03. The summed E-state index contributed by atoms with van der Waals surface area (Å²) in [6.07, 6.45) is 1.72. The molecule has 4 aromatic rings. The maximum atomic E-state index is 12.5. The number of anilines is 1. The van der Waals surface area contributed by atoms with E-state index in [9.17, 15) is 4.79 Å². The molecule has 3 aromatic heterocycles. The number of furan rings is 1. The number of fused-ring (bicyclic) bond motifs is 1. The fraction of sp³-hybridized carbons (Fsp3) is 0.211. The van der Waals surface area contributed by atoms with E-state index in [2.05, 4.69) is 21.9 Å². The van der Waals surface area contributed by atoms with Crippen LogP contribution >= 0.6 is 0 Å². The second-order valence-electron chi connectivity index (χ2n) is 6.06. The molecule has 4 rings (SSSR count). The van der Waals surface area contributed by atoms with Gasteiger partial charge in [0.2, 0.25) is 0 Å². The molecule has 0 aliphatic rings. The predicted octanol–water partition coefficient (Wildman–Crippen LogP) is 3.61. The Morgan fingerprint density at radius 1 is 1.23 bits per heavy atom. The quantitative estimate of drug-likeness (QED) is 0.610. The van der Waals surface area contributed by atoms with Gasteiger partial charge in [0.15, 0.2) is 5.76 Å². The van der Waals surface area contributed by atoms with Gasteiger partial charge in [0, 0.05) is 13.6 Å². The van der Waals surface area contributed by atoms with Gasteiger partial charge in [0.1, 0.15) is 17.4 Å². The first-order chi connectivity index (χ1) is 12.6. The minimum absolute atomic E-state index is 0.263. The van der Waals surface area contributed by atoms with E-state index >= 15 is 0 Å². The van der Waals surface area contributed by atoms with E-state index in [-0.39, 0.29) is 11.7 Å². The number of nitrogens with one attached hydrogen (secondary N) is 1. The average Bonchev–Trinajstić information content (AvgIpc) is 3.32. The number of nitrogens with zero attached hydrogens (tertiary/aromatic N) is 4. The monoisotopic (exact) mass is 349 g/mol. The second-order valence-corrected chi connectivity index (χ2v) is 6.06. The van der Waals surface area contributed by atoms with Crippen molar-refractivity contribution in [3.05, 3.63) is 54.1 Å². The molecule has 0 radical (unpaired) electrons. The number of imidazole rings is 1. The molecule has 26 heavy (non-hydrogen) atoms. The number of rotatable bonds is 4. The predicted molar refractivity (Wildman–Crippen MR) is 99.0 cm³/mol. The van der Waals surface area contributed by atoms with E-state index in [4.69, 9.17) is 9.40 Å². The fourth-order valence-corrected chi connectivity index (χ4v) is 3.08. The average molecular weight is 349 g/mol. The first-order valence-electron chi connectivity index (χ1n) is 8.44. The molecule has 0 saturated heterocycles. The van der Waals surface area contributed by atoms with Crippen LogP contribution in [0.25, 0.3) is 22.4 Å². The molecule has 132 valence electrons. The zero-order chi connectivity index (χ0) is 18.3. The van der Waals surface area contributed by atoms with Gasteiger partial charge >= 0.3 is 0 Å². The molecule has 0 atom stereocenters. The summed E-state index contributed by atoms with van der Waals surface area (Å²) in [5, 5.41) is 7.21. The van der Waals surface area contributed by atoms with Crippen molar-refractivity contribution in [1.82, 2.24) is 19.3 Å². The van der Waals surface area contributed by atoms with Crippen molar-refractivity contribution >= 4 is 22.8 Å². The van der Waals surface area contributed by atoms with Crippen LogP contribution in [0.3, 0.4) is 0 Å². The van der Waals surface area contributed by atoms with Gasteiger partial charge in [-0.2, -0.15) is 5.10 Å². The Kier molecular flexibility index (Phi) is 3.84. The maximum absolute atomic E-state index is 12.5. The molecule has 0 saturated carbocycles. The number of aromatic nitrogens is 4. The molecule has 0 aliphatic carbocycles. The molecular formula is C19H19N5O2. The van der Waals surface area contributed by atoms with E-state index in [0.29, 0.717) is 11.6 Å².